The van der Waals surface area contributed by atoms with Crippen LogP contribution in [0.3, 0.4) is 0 Å². The van der Waals surface area contributed by atoms with Gasteiger partial charge in [0.2, 0.25) is 0 Å². The van der Waals surface area contributed by atoms with Crippen molar-refractivity contribution in [1.82, 2.24) is 14.8 Å². The third kappa shape index (κ3) is 2.21. The highest BCUT2D eigenvalue weighted by atomic mass is 35.5. The summed E-state index contributed by atoms with van der Waals surface area (Å²) in [4.78, 5) is 14.8. The number of hydrogen-bond donors (Lipinski definition) is 1. The van der Waals surface area contributed by atoms with Crippen LogP contribution < -0.4 is 0 Å². The van der Waals surface area contributed by atoms with Gasteiger partial charge in [-0.2, -0.15) is 5.10 Å². The Morgan fingerprint density at radius 2 is 2.26 bits per heavy atom. The number of benzene rings is 1. The second-order valence-corrected chi connectivity index (χ2v) is 5.26. The molecular weight excluding hydrogens is 266 g/mol. The Morgan fingerprint density at radius 3 is 2.79 bits per heavy atom. The lowest BCUT2D eigenvalue weighted by Gasteiger charge is -2.14. The SMILES string of the molecule is O=C(O)CC1(c2ccc(-n3cncn3)c(Cl)c2)CC1. The van der Waals surface area contributed by atoms with E-state index >= 15 is 0 Å². The average molecular weight is 278 g/mol. The first-order valence-corrected chi connectivity index (χ1v) is 6.35. The number of carbonyl (C=O) groups is 1. The highest BCUT2D eigenvalue weighted by molar-refractivity contribution is 6.32. The third-order valence-corrected chi connectivity index (χ3v) is 3.87. The maximum atomic E-state index is 10.9. The van der Waals surface area contributed by atoms with Crippen molar-refractivity contribution >= 4 is 17.6 Å². The third-order valence-electron chi connectivity index (χ3n) is 3.57. The Balaban J connectivity index is 1.94. The molecule has 0 unspecified atom stereocenters. The zero-order valence-electron chi connectivity index (χ0n) is 10.1. The van der Waals surface area contributed by atoms with Crippen molar-refractivity contribution in [3.8, 4) is 5.69 Å². The zero-order chi connectivity index (χ0) is 13.5. The molecule has 2 aromatic rings. The molecule has 1 aromatic heterocycles. The van der Waals surface area contributed by atoms with Gasteiger partial charge in [0.1, 0.15) is 12.7 Å². The topological polar surface area (TPSA) is 68.0 Å². The van der Waals surface area contributed by atoms with Crippen molar-refractivity contribution in [1.29, 1.82) is 0 Å². The van der Waals surface area contributed by atoms with Gasteiger partial charge in [-0.05, 0) is 30.5 Å². The van der Waals surface area contributed by atoms with Crippen LogP contribution >= 0.6 is 11.6 Å². The molecule has 98 valence electrons. The molecule has 6 heteroatoms. The van der Waals surface area contributed by atoms with Gasteiger partial charge < -0.3 is 5.11 Å². The lowest BCUT2D eigenvalue weighted by atomic mass is 9.92. The summed E-state index contributed by atoms with van der Waals surface area (Å²) in [5.74, 6) is -0.769. The van der Waals surface area contributed by atoms with Crippen LogP contribution in [-0.2, 0) is 10.2 Å². The van der Waals surface area contributed by atoms with Crippen LogP contribution in [0.2, 0.25) is 5.02 Å². The van der Waals surface area contributed by atoms with Crippen LogP contribution in [-0.4, -0.2) is 25.8 Å². The lowest BCUT2D eigenvalue weighted by molar-refractivity contribution is -0.137. The number of hydrogen-bond acceptors (Lipinski definition) is 3. The smallest absolute Gasteiger partial charge is 0.304 e. The van der Waals surface area contributed by atoms with Gasteiger partial charge in [0.05, 0.1) is 17.1 Å². The van der Waals surface area contributed by atoms with Gasteiger partial charge in [-0.1, -0.05) is 17.7 Å². The van der Waals surface area contributed by atoms with Gasteiger partial charge in [0.15, 0.2) is 0 Å². The van der Waals surface area contributed by atoms with Crippen molar-refractivity contribution in [2.75, 3.05) is 0 Å². The summed E-state index contributed by atoms with van der Waals surface area (Å²) in [7, 11) is 0. The number of halogens is 1. The van der Waals surface area contributed by atoms with Gasteiger partial charge in [-0.15, -0.1) is 0 Å². The monoisotopic (exact) mass is 277 g/mol. The van der Waals surface area contributed by atoms with E-state index in [2.05, 4.69) is 10.1 Å². The van der Waals surface area contributed by atoms with Crippen molar-refractivity contribution in [2.24, 2.45) is 0 Å². The number of rotatable bonds is 4. The summed E-state index contributed by atoms with van der Waals surface area (Å²) in [6, 6.07) is 5.63. The molecular formula is C13H12ClN3O2. The first-order chi connectivity index (χ1) is 9.11. The van der Waals surface area contributed by atoms with Crippen molar-refractivity contribution < 1.29 is 9.90 Å². The molecule has 1 N–H and O–H groups in total. The first-order valence-electron chi connectivity index (χ1n) is 5.98. The van der Waals surface area contributed by atoms with E-state index in [0.29, 0.717) is 5.02 Å². The van der Waals surface area contributed by atoms with E-state index in [1.807, 2.05) is 18.2 Å². The molecule has 0 atom stereocenters. The van der Waals surface area contributed by atoms with E-state index in [1.54, 1.807) is 11.0 Å². The molecule has 1 heterocycles. The quantitative estimate of drug-likeness (QED) is 0.932. The Morgan fingerprint density at radius 1 is 1.47 bits per heavy atom. The Kier molecular flexibility index (Phi) is 2.78. The van der Waals surface area contributed by atoms with E-state index in [1.165, 1.54) is 6.33 Å². The minimum Gasteiger partial charge on any atom is -0.481 e. The van der Waals surface area contributed by atoms with Crippen molar-refractivity contribution in [3.05, 3.63) is 41.4 Å². The van der Waals surface area contributed by atoms with Crippen LogP contribution in [0.5, 0.6) is 0 Å². The number of aromatic nitrogens is 3. The molecule has 1 saturated carbocycles. The Bertz CT molecular complexity index is 621. The molecule has 0 spiro atoms. The van der Waals surface area contributed by atoms with Gasteiger partial charge in [-0.25, -0.2) is 9.67 Å². The summed E-state index contributed by atoms with van der Waals surface area (Å²) in [5, 5.41) is 13.6. The summed E-state index contributed by atoms with van der Waals surface area (Å²) in [6.45, 7) is 0. The van der Waals surface area contributed by atoms with Gasteiger partial charge in [-0.3, -0.25) is 4.79 Å². The van der Waals surface area contributed by atoms with Crippen LogP contribution in [0, 0.1) is 0 Å². The fraction of sp³-hybridized carbons (Fsp3) is 0.308. The van der Waals surface area contributed by atoms with Gasteiger partial charge in [0, 0.05) is 5.41 Å². The van der Waals surface area contributed by atoms with Crippen LogP contribution in [0.4, 0.5) is 0 Å². The highest BCUT2D eigenvalue weighted by Crippen LogP contribution is 2.51. The van der Waals surface area contributed by atoms with Crippen LogP contribution in [0.25, 0.3) is 5.69 Å². The van der Waals surface area contributed by atoms with E-state index in [9.17, 15) is 4.79 Å². The predicted octanol–water partition coefficient (Wildman–Crippen LogP) is 2.43. The van der Waals surface area contributed by atoms with Crippen LogP contribution in [0.15, 0.2) is 30.9 Å². The fourth-order valence-corrected chi connectivity index (χ4v) is 2.63. The minimum absolute atomic E-state index is 0.159. The number of aliphatic carboxylic acids is 1. The second kappa shape index (κ2) is 4.35. The number of carboxylic acids is 1. The fourth-order valence-electron chi connectivity index (χ4n) is 2.36. The molecule has 1 aliphatic carbocycles. The first kappa shape index (κ1) is 12.2. The molecule has 1 aliphatic rings. The van der Waals surface area contributed by atoms with Gasteiger partial charge >= 0.3 is 5.97 Å². The molecule has 0 radical (unpaired) electrons. The zero-order valence-corrected chi connectivity index (χ0v) is 10.8. The Labute approximate surface area is 114 Å². The van der Waals surface area contributed by atoms with Crippen LogP contribution in [0.1, 0.15) is 24.8 Å². The largest absolute Gasteiger partial charge is 0.481 e. The van der Waals surface area contributed by atoms with Gasteiger partial charge in [0.25, 0.3) is 0 Å². The standard InChI is InChI=1S/C13H12ClN3O2/c14-10-5-9(13(3-4-13)6-12(18)19)1-2-11(10)17-8-15-7-16-17/h1-2,5,7-8H,3-4,6H2,(H,18,19). The molecule has 5 nitrogen and oxygen atoms in total. The minimum atomic E-state index is -0.769. The normalized spacial score (nSPS) is 16.3. The average Bonchev–Trinajstić information content (AvgIpc) is 2.93. The number of nitrogens with zero attached hydrogens (tertiary/aromatic N) is 3. The van der Waals surface area contributed by atoms with Crippen molar-refractivity contribution in [3.63, 3.8) is 0 Å². The summed E-state index contributed by atoms with van der Waals surface area (Å²) in [6.07, 6.45) is 4.98. The molecule has 0 saturated heterocycles. The van der Waals surface area contributed by atoms with E-state index in [-0.39, 0.29) is 11.8 Å². The van der Waals surface area contributed by atoms with E-state index < -0.39 is 5.97 Å². The highest BCUT2D eigenvalue weighted by Gasteiger charge is 2.46. The maximum absolute atomic E-state index is 10.9. The Hall–Kier alpha value is -1.88. The second-order valence-electron chi connectivity index (χ2n) is 4.86. The lowest BCUT2D eigenvalue weighted by Crippen LogP contribution is -2.13. The summed E-state index contributed by atoms with van der Waals surface area (Å²) < 4.78 is 1.59. The van der Waals surface area contributed by atoms with E-state index in [4.69, 9.17) is 16.7 Å². The number of carboxylic acid groups (broad SMARTS) is 1. The molecule has 0 aliphatic heterocycles. The molecule has 19 heavy (non-hydrogen) atoms. The van der Waals surface area contributed by atoms with Crippen molar-refractivity contribution in [2.45, 2.75) is 24.7 Å². The molecule has 0 amide bonds. The molecule has 1 fully saturated rings. The predicted molar refractivity (Wildman–Crippen MR) is 69.5 cm³/mol. The molecule has 0 bridgehead atoms. The molecule has 3 rings (SSSR count). The van der Waals surface area contributed by atoms with E-state index in [0.717, 1.165) is 24.1 Å². The summed E-state index contributed by atoms with van der Waals surface area (Å²) in [5.41, 5.74) is 1.51. The molecule has 1 aromatic carbocycles. The maximum Gasteiger partial charge on any atom is 0.304 e. The summed E-state index contributed by atoms with van der Waals surface area (Å²) >= 11 is 6.26.